The van der Waals surface area contributed by atoms with Gasteiger partial charge in [-0.3, -0.25) is 9.79 Å². The number of aliphatic hydroxyl groups excluding tert-OH is 1. The van der Waals surface area contributed by atoms with Crippen LogP contribution in [-0.2, 0) is 9.53 Å². The molecule has 3 fully saturated rings. The van der Waals surface area contributed by atoms with Crippen molar-refractivity contribution in [1.29, 1.82) is 0 Å². The van der Waals surface area contributed by atoms with Gasteiger partial charge in [0.15, 0.2) is 5.90 Å². The third kappa shape index (κ3) is 3.54. The molecule has 10 atom stereocenters. The fourth-order valence-electron chi connectivity index (χ4n) is 9.41. The number of hydrogen-bond acceptors (Lipinski definition) is 5. The molecule has 0 bridgehead atoms. The van der Waals surface area contributed by atoms with E-state index in [4.69, 9.17) is 9.73 Å². The van der Waals surface area contributed by atoms with Crippen molar-refractivity contribution >= 4 is 11.7 Å². The summed E-state index contributed by atoms with van der Waals surface area (Å²) in [5.74, 6) is 2.63. The molecular formula is C30H48N2O3. The quantitative estimate of drug-likeness (QED) is 0.565. The predicted octanol–water partition coefficient (Wildman–Crippen LogP) is 5.12. The molecular weight excluding hydrogens is 436 g/mol. The number of allylic oxidation sites excluding steroid dienone is 1. The number of ketones is 1. The van der Waals surface area contributed by atoms with Crippen molar-refractivity contribution < 1.29 is 14.6 Å². The Labute approximate surface area is 212 Å². The van der Waals surface area contributed by atoms with Crippen molar-refractivity contribution in [2.24, 2.45) is 50.8 Å². The van der Waals surface area contributed by atoms with E-state index in [1.807, 2.05) is 0 Å². The van der Waals surface area contributed by atoms with Crippen molar-refractivity contribution in [2.45, 2.75) is 98.3 Å². The Kier molecular flexibility index (Phi) is 6.12. The summed E-state index contributed by atoms with van der Waals surface area (Å²) >= 11 is 0. The summed E-state index contributed by atoms with van der Waals surface area (Å²) in [7, 11) is 4.20. The molecule has 0 saturated heterocycles. The van der Waals surface area contributed by atoms with Gasteiger partial charge in [-0.25, -0.2) is 0 Å². The number of fused-ring (bicyclic) bond motifs is 6. The lowest BCUT2D eigenvalue weighted by Crippen LogP contribution is -2.55. The molecule has 35 heavy (non-hydrogen) atoms. The molecule has 0 radical (unpaired) electrons. The molecule has 0 spiro atoms. The fourth-order valence-corrected chi connectivity index (χ4v) is 9.41. The van der Waals surface area contributed by atoms with Crippen LogP contribution in [0.15, 0.2) is 16.6 Å². The number of aliphatic imine (C=N–C) groups is 1. The minimum atomic E-state index is -0.351. The maximum atomic E-state index is 13.9. The summed E-state index contributed by atoms with van der Waals surface area (Å²) in [5.41, 5.74) is 1.29. The van der Waals surface area contributed by atoms with Crippen molar-refractivity contribution in [3.8, 4) is 0 Å². The van der Waals surface area contributed by atoms with Gasteiger partial charge in [-0.2, -0.15) is 0 Å². The standard InChI is InChI=1S/C30H48N2O3/c1-17(2)27-31-25-12-9-19-13-20-22(11-10-21(19)28(25,4)16-35-27)29(5)15-24(34)26(18(3)32(7)8)30(29,6)14-23(20)33/h9,17-18,20-22,24-26,34H,10-16H2,1-8H3/t18-,20?,21?,22?,24+,25?,26-,28-,29-,30+/m0/s1. The van der Waals surface area contributed by atoms with Crippen molar-refractivity contribution in [3.63, 3.8) is 0 Å². The zero-order valence-electron chi connectivity index (χ0n) is 23.3. The summed E-state index contributed by atoms with van der Waals surface area (Å²) in [6.45, 7) is 14.4. The monoisotopic (exact) mass is 484 g/mol. The second-order valence-electron chi connectivity index (χ2n) is 14.0. The highest BCUT2D eigenvalue weighted by molar-refractivity contribution is 5.84. The summed E-state index contributed by atoms with van der Waals surface area (Å²) in [4.78, 5) is 21.2. The first-order chi connectivity index (χ1) is 16.3. The molecule has 1 heterocycles. The SMILES string of the molecule is CC(C)C1=NC2CC=C3CC4C(=O)C[C@]5(C)[C@@H]([C@H](C)N(C)C)[C@H](O)C[C@@]5(C)C4CCC3[C@]2(C)CO1. The van der Waals surface area contributed by atoms with Crippen LogP contribution in [0, 0.1) is 45.8 Å². The molecule has 3 saturated carbocycles. The topological polar surface area (TPSA) is 62.1 Å². The van der Waals surface area contributed by atoms with E-state index in [9.17, 15) is 9.90 Å². The van der Waals surface area contributed by atoms with Gasteiger partial charge in [0, 0.05) is 35.6 Å². The summed E-state index contributed by atoms with van der Waals surface area (Å²) in [6, 6.07) is 0.516. The van der Waals surface area contributed by atoms with Crippen molar-refractivity contribution in [3.05, 3.63) is 11.6 Å². The number of rotatable bonds is 3. The zero-order chi connectivity index (χ0) is 25.5. The third-order valence-electron chi connectivity index (χ3n) is 11.8. The van der Waals surface area contributed by atoms with Crippen molar-refractivity contribution in [2.75, 3.05) is 20.7 Å². The van der Waals surface area contributed by atoms with Crippen LogP contribution < -0.4 is 0 Å². The first kappa shape index (κ1) is 25.4. The van der Waals surface area contributed by atoms with Crippen LogP contribution in [-0.4, -0.2) is 60.6 Å². The summed E-state index contributed by atoms with van der Waals surface area (Å²) < 4.78 is 6.24. The average molecular weight is 485 g/mol. The van der Waals surface area contributed by atoms with E-state index in [0.717, 1.165) is 44.6 Å². The molecule has 5 nitrogen and oxygen atoms in total. The molecule has 1 aliphatic heterocycles. The van der Waals surface area contributed by atoms with Gasteiger partial charge < -0.3 is 14.7 Å². The summed E-state index contributed by atoms with van der Waals surface area (Å²) in [6.07, 6.45) is 7.52. The molecule has 0 aromatic rings. The number of hydrogen-bond donors (Lipinski definition) is 1. The molecule has 5 heteroatoms. The van der Waals surface area contributed by atoms with Gasteiger partial charge >= 0.3 is 0 Å². The molecule has 5 rings (SSSR count). The first-order valence-corrected chi connectivity index (χ1v) is 14.1. The van der Waals surface area contributed by atoms with Gasteiger partial charge in [-0.1, -0.05) is 46.3 Å². The lowest BCUT2D eigenvalue weighted by molar-refractivity contribution is -0.147. The zero-order valence-corrected chi connectivity index (χ0v) is 23.3. The fraction of sp³-hybridized carbons (Fsp3) is 0.867. The van der Waals surface area contributed by atoms with Crippen LogP contribution in [0.1, 0.15) is 80.1 Å². The second kappa shape index (κ2) is 8.41. The maximum Gasteiger partial charge on any atom is 0.186 e. The Balaban J connectivity index is 1.48. The highest BCUT2D eigenvalue weighted by Gasteiger charge is 2.68. The van der Waals surface area contributed by atoms with Crippen LogP contribution in [0.4, 0.5) is 0 Å². The van der Waals surface area contributed by atoms with E-state index in [0.29, 0.717) is 30.0 Å². The van der Waals surface area contributed by atoms with Crippen LogP contribution in [0.3, 0.4) is 0 Å². The van der Waals surface area contributed by atoms with Gasteiger partial charge in [0.25, 0.3) is 0 Å². The van der Waals surface area contributed by atoms with E-state index in [1.54, 1.807) is 0 Å². The Morgan fingerprint density at radius 1 is 1.14 bits per heavy atom. The molecule has 0 aromatic heterocycles. The lowest BCUT2D eigenvalue weighted by atomic mass is 9.48. The number of Topliss-reactive ketones (excluding diaryl/α,β-unsaturated/α-hetero) is 1. The molecule has 4 aliphatic carbocycles. The van der Waals surface area contributed by atoms with Crippen LogP contribution in [0.25, 0.3) is 0 Å². The smallest absolute Gasteiger partial charge is 0.186 e. The Bertz CT molecular complexity index is 940. The Morgan fingerprint density at radius 2 is 1.86 bits per heavy atom. The number of carbonyl (C=O) groups is 1. The second-order valence-corrected chi connectivity index (χ2v) is 14.0. The van der Waals surface area contributed by atoms with E-state index >= 15 is 0 Å². The molecule has 1 N–H and O–H groups in total. The van der Waals surface area contributed by atoms with Crippen LogP contribution in [0.2, 0.25) is 0 Å². The average Bonchev–Trinajstić information content (AvgIpc) is 2.91. The lowest BCUT2D eigenvalue weighted by Gasteiger charge is -2.56. The van der Waals surface area contributed by atoms with Crippen LogP contribution >= 0.6 is 0 Å². The molecule has 4 unspecified atom stereocenters. The van der Waals surface area contributed by atoms with Gasteiger partial charge in [-0.05, 0) is 75.8 Å². The Hall–Kier alpha value is -1.20. The van der Waals surface area contributed by atoms with Crippen molar-refractivity contribution in [1.82, 2.24) is 4.90 Å². The van der Waals surface area contributed by atoms with E-state index in [2.05, 4.69) is 66.6 Å². The van der Waals surface area contributed by atoms with Gasteiger partial charge in [0.05, 0.1) is 18.8 Å². The number of carbonyl (C=O) groups excluding carboxylic acids is 1. The molecule has 196 valence electrons. The normalized spacial score (nSPS) is 48.1. The Morgan fingerprint density at radius 3 is 2.51 bits per heavy atom. The van der Waals surface area contributed by atoms with E-state index < -0.39 is 0 Å². The van der Waals surface area contributed by atoms with Crippen LogP contribution in [0.5, 0.6) is 0 Å². The van der Waals surface area contributed by atoms with Gasteiger partial charge in [-0.15, -0.1) is 0 Å². The molecule has 0 amide bonds. The number of nitrogens with zero attached hydrogens (tertiary/aromatic N) is 2. The number of ether oxygens (including phenoxy) is 1. The first-order valence-electron chi connectivity index (χ1n) is 14.1. The van der Waals surface area contributed by atoms with Gasteiger partial charge in [0.2, 0.25) is 0 Å². The predicted molar refractivity (Wildman–Crippen MR) is 140 cm³/mol. The van der Waals surface area contributed by atoms with E-state index in [1.165, 1.54) is 5.57 Å². The minimum absolute atomic E-state index is 0.000382. The highest BCUT2D eigenvalue weighted by Crippen LogP contribution is 2.69. The molecule has 5 aliphatic rings. The highest BCUT2D eigenvalue weighted by atomic mass is 16.5. The van der Waals surface area contributed by atoms with E-state index in [-0.39, 0.29) is 46.3 Å². The summed E-state index contributed by atoms with van der Waals surface area (Å²) in [5, 5.41) is 11.4. The molecule has 0 aromatic carbocycles. The largest absolute Gasteiger partial charge is 0.480 e. The third-order valence-corrected chi connectivity index (χ3v) is 11.8. The van der Waals surface area contributed by atoms with Gasteiger partial charge in [0.1, 0.15) is 5.78 Å². The minimum Gasteiger partial charge on any atom is -0.480 e. The maximum absolute atomic E-state index is 13.9. The number of aliphatic hydroxyl groups is 1.